The van der Waals surface area contributed by atoms with Crippen LogP contribution >= 0.6 is 11.6 Å². The summed E-state index contributed by atoms with van der Waals surface area (Å²) in [4.78, 5) is 52.2. The summed E-state index contributed by atoms with van der Waals surface area (Å²) in [6.45, 7) is 3.37. The summed E-state index contributed by atoms with van der Waals surface area (Å²) >= 11 is 5.92. The molecule has 1 aromatic rings. The highest BCUT2D eigenvalue weighted by Crippen LogP contribution is 2.16. The lowest BCUT2D eigenvalue weighted by Gasteiger charge is -2.20. The predicted octanol–water partition coefficient (Wildman–Crippen LogP) is 1.77. The Balaban J connectivity index is 2.11. The van der Waals surface area contributed by atoms with Gasteiger partial charge in [-0.25, -0.2) is 9.59 Å². The topological polar surface area (TPSA) is 102 Å². The number of amides is 3. The number of hydroxylamine groups is 2. The first-order chi connectivity index (χ1) is 12.4. The minimum Gasteiger partial charge on any atom is -0.445 e. The first-order valence-electron chi connectivity index (χ1n) is 7.77. The van der Waals surface area contributed by atoms with E-state index in [0.717, 1.165) is 0 Å². The second-order valence-electron chi connectivity index (χ2n) is 5.41. The third-order valence-electron chi connectivity index (χ3n) is 3.42. The van der Waals surface area contributed by atoms with Gasteiger partial charge in [-0.2, -0.15) is 0 Å². The largest absolute Gasteiger partial charge is 0.445 e. The van der Waals surface area contributed by atoms with Gasteiger partial charge >= 0.3 is 12.1 Å². The minimum absolute atomic E-state index is 0.0266. The molecule has 1 N–H and O–H groups in total. The third-order valence-corrected chi connectivity index (χ3v) is 3.66. The standard InChI is InChI=1S/C17H17ClN2O6/c1-2-8-25-17(24)19-13(10-11-4-3-5-12(18)9-11)16(23)26-20-14(21)6-7-15(20)22/h2-5,9,13H,1,6-8,10H2,(H,19,24)/t13-/m0/s1. The molecule has 1 aliphatic rings. The number of carbonyl (C=O) groups excluding carboxylic acids is 4. The second-order valence-corrected chi connectivity index (χ2v) is 5.85. The first-order valence-corrected chi connectivity index (χ1v) is 8.14. The molecule has 138 valence electrons. The zero-order chi connectivity index (χ0) is 19.1. The molecular formula is C17H17ClN2O6. The van der Waals surface area contributed by atoms with Crippen LogP contribution in [0.3, 0.4) is 0 Å². The Morgan fingerprint density at radius 3 is 2.62 bits per heavy atom. The van der Waals surface area contributed by atoms with E-state index in [4.69, 9.17) is 21.2 Å². The van der Waals surface area contributed by atoms with Gasteiger partial charge in [-0.15, -0.1) is 5.06 Å². The monoisotopic (exact) mass is 380 g/mol. The number of hydrogen-bond acceptors (Lipinski definition) is 6. The second kappa shape index (κ2) is 9.00. The van der Waals surface area contributed by atoms with Gasteiger partial charge in [0.05, 0.1) is 0 Å². The number of hydrogen-bond donors (Lipinski definition) is 1. The van der Waals surface area contributed by atoms with Crippen LogP contribution in [0.1, 0.15) is 18.4 Å². The van der Waals surface area contributed by atoms with E-state index in [9.17, 15) is 19.2 Å². The number of ether oxygens (including phenoxy) is 1. The molecule has 0 radical (unpaired) electrons. The maximum atomic E-state index is 12.4. The Labute approximate surface area is 154 Å². The van der Waals surface area contributed by atoms with E-state index in [2.05, 4.69) is 11.9 Å². The Morgan fingerprint density at radius 1 is 1.31 bits per heavy atom. The molecule has 1 heterocycles. The third kappa shape index (κ3) is 5.32. The normalized spacial score (nSPS) is 14.7. The Bertz CT molecular complexity index is 720. The van der Waals surface area contributed by atoms with Crippen molar-refractivity contribution in [2.45, 2.75) is 25.3 Å². The van der Waals surface area contributed by atoms with Gasteiger partial charge in [-0.1, -0.05) is 36.4 Å². The minimum atomic E-state index is -1.19. The van der Waals surface area contributed by atoms with Gasteiger partial charge in [-0.05, 0) is 17.7 Å². The highest BCUT2D eigenvalue weighted by Gasteiger charge is 2.35. The van der Waals surface area contributed by atoms with Crippen molar-refractivity contribution in [3.8, 4) is 0 Å². The van der Waals surface area contributed by atoms with Crippen molar-refractivity contribution < 1.29 is 28.8 Å². The zero-order valence-electron chi connectivity index (χ0n) is 13.8. The fraction of sp³-hybridized carbons (Fsp3) is 0.294. The number of rotatable bonds is 7. The fourth-order valence-electron chi connectivity index (χ4n) is 2.22. The van der Waals surface area contributed by atoms with Crippen LogP contribution in [-0.4, -0.2) is 41.6 Å². The fourth-order valence-corrected chi connectivity index (χ4v) is 2.44. The van der Waals surface area contributed by atoms with Crippen molar-refractivity contribution in [2.24, 2.45) is 0 Å². The van der Waals surface area contributed by atoms with Crippen LogP contribution in [0.25, 0.3) is 0 Å². The van der Waals surface area contributed by atoms with Gasteiger partial charge in [0.25, 0.3) is 11.8 Å². The van der Waals surface area contributed by atoms with Crippen molar-refractivity contribution in [2.75, 3.05) is 6.61 Å². The number of alkyl carbamates (subject to hydrolysis) is 1. The van der Waals surface area contributed by atoms with E-state index in [1.165, 1.54) is 6.08 Å². The molecular weight excluding hydrogens is 364 g/mol. The van der Waals surface area contributed by atoms with E-state index in [1.54, 1.807) is 24.3 Å². The molecule has 9 heteroatoms. The average Bonchev–Trinajstić information content (AvgIpc) is 2.91. The molecule has 1 fully saturated rings. The molecule has 0 aromatic heterocycles. The molecule has 1 aromatic carbocycles. The summed E-state index contributed by atoms with van der Waals surface area (Å²) in [5, 5.41) is 3.22. The Hall–Kier alpha value is -2.87. The zero-order valence-corrected chi connectivity index (χ0v) is 14.5. The lowest BCUT2D eigenvalue weighted by molar-refractivity contribution is -0.198. The van der Waals surface area contributed by atoms with Gasteiger partial charge in [0.1, 0.15) is 12.6 Å². The van der Waals surface area contributed by atoms with Crippen LogP contribution in [-0.2, 0) is 30.4 Å². The number of nitrogens with one attached hydrogen (secondary N) is 1. The molecule has 0 bridgehead atoms. The van der Waals surface area contributed by atoms with E-state index >= 15 is 0 Å². The van der Waals surface area contributed by atoms with Crippen molar-refractivity contribution in [1.82, 2.24) is 10.4 Å². The van der Waals surface area contributed by atoms with Gasteiger partial charge in [0.15, 0.2) is 0 Å². The van der Waals surface area contributed by atoms with E-state index in [-0.39, 0.29) is 25.9 Å². The van der Waals surface area contributed by atoms with Crippen LogP contribution in [0.5, 0.6) is 0 Å². The van der Waals surface area contributed by atoms with Crippen LogP contribution in [0, 0.1) is 0 Å². The van der Waals surface area contributed by atoms with Crippen molar-refractivity contribution in [1.29, 1.82) is 0 Å². The van der Waals surface area contributed by atoms with Gasteiger partial charge in [0, 0.05) is 24.3 Å². The number of halogens is 1. The lowest BCUT2D eigenvalue weighted by atomic mass is 10.1. The maximum Gasteiger partial charge on any atom is 0.408 e. The van der Waals surface area contributed by atoms with Crippen LogP contribution in [0.2, 0.25) is 5.02 Å². The average molecular weight is 381 g/mol. The molecule has 1 atom stereocenters. The summed E-state index contributed by atoms with van der Waals surface area (Å²) in [5.74, 6) is -2.19. The summed E-state index contributed by atoms with van der Waals surface area (Å²) in [6, 6.07) is 5.47. The molecule has 8 nitrogen and oxygen atoms in total. The maximum absolute atomic E-state index is 12.4. The molecule has 2 rings (SSSR count). The van der Waals surface area contributed by atoms with Crippen molar-refractivity contribution in [3.63, 3.8) is 0 Å². The van der Waals surface area contributed by atoms with Crippen molar-refractivity contribution in [3.05, 3.63) is 47.5 Å². The SMILES string of the molecule is C=CCOC(=O)N[C@@H](Cc1cccc(Cl)c1)C(=O)ON1C(=O)CCC1=O. The molecule has 0 unspecified atom stereocenters. The highest BCUT2D eigenvalue weighted by atomic mass is 35.5. The van der Waals surface area contributed by atoms with Crippen molar-refractivity contribution >= 4 is 35.5 Å². The predicted molar refractivity (Wildman–Crippen MR) is 90.8 cm³/mol. The Kier molecular flexibility index (Phi) is 6.74. The van der Waals surface area contributed by atoms with Crippen LogP contribution in [0.15, 0.2) is 36.9 Å². The number of imide groups is 1. The molecule has 1 aliphatic heterocycles. The number of carbonyl (C=O) groups is 4. The van der Waals surface area contributed by atoms with Crippen LogP contribution < -0.4 is 5.32 Å². The molecule has 3 amide bonds. The summed E-state index contributed by atoms with van der Waals surface area (Å²) < 4.78 is 4.80. The van der Waals surface area contributed by atoms with Gasteiger partial charge in [-0.3, -0.25) is 9.59 Å². The molecule has 26 heavy (non-hydrogen) atoms. The highest BCUT2D eigenvalue weighted by molar-refractivity contribution is 6.30. The molecule has 1 saturated heterocycles. The molecule has 0 aliphatic carbocycles. The van der Waals surface area contributed by atoms with Crippen LogP contribution in [0.4, 0.5) is 4.79 Å². The summed E-state index contributed by atoms with van der Waals surface area (Å²) in [5.41, 5.74) is 0.641. The van der Waals surface area contributed by atoms with Gasteiger partial charge < -0.3 is 14.9 Å². The summed E-state index contributed by atoms with van der Waals surface area (Å²) in [6.07, 6.45) is 0.470. The van der Waals surface area contributed by atoms with E-state index in [1.807, 2.05) is 0 Å². The molecule has 0 saturated carbocycles. The lowest BCUT2D eigenvalue weighted by Crippen LogP contribution is -2.46. The summed E-state index contributed by atoms with van der Waals surface area (Å²) in [7, 11) is 0. The number of nitrogens with zero attached hydrogens (tertiary/aromatic N) is 1. The number of benzene rings is 1. The first kappa shape index (κ1) is 19.5. The van der Waals surface area contributed by atoms with Gasteiger partial charge in [0.2, 0.25) is 0 Å². The Morgan fingerprint density at radius 2 is 2.00 bits per heavy atom. The van der Waals surface area contributed by atoms with E-state index < -0.39 is 29.9 Å². The molecule has 0 spiro atoms. The quantitative estimate of drug-likeness (QED) is 0.571. The van der Waals surface area contributed by atoms with E-state index in [0.29, 0.717) is 15.6 Å². The smallest absolute Gasteiger partial charge is 0.408 e.